The number of carbonyl (C=O) groups is 1. The van der Waals surface area contributed by atoms with E-state index in [-0.39, 0.29) is 11.8 Å². The van der Waals surface area contributed by atoms with Crippen LogP contribution in [0.25, 0.3) is 0 Å². The Labute approximate surface area is 93.4 Å². The monoisotopic (exact) mass is 222 g/mol. The molecule has 0 radical (unpaired) electrons. The van der Waals surface area contributed by atoms with E-state index in [1.165, 1.54) is 7.11 Å². The van der Waals surface area contributed by atoms with Gasteiger partial charge in [0.05, 0.1) is 25.2 Å². The third-order valence-electron chi connectivity index (χ3n) is 2.65. The van der Waals surface area contributed by atoms with E-state index in [1.807, 2.05) is 0 Å². The van der Waals surface area contributed by atoms with Crippen LogP contribution in [0.15, 0.2) is 12.4 Å². The van der Waals surface area contributed by atoms with Crippen LogP contribution in [0.3, 0.4) is 0 Å². The van der Waals surface area contributed by atoms with E-state index in [2.05, 4.69) is 9.97 Å². The Hall–Kier alpha value is -1.69. The van der Waals surface area contributed by atoms with Gasteiger partial charge in [-0.25, -0.2) is 9.97 Å². The Bertz CT molecular complexity index is 379. The van der Waals surface area contributed by atoms with Crippen LogP contribution in [0.4, 0.5) is 5.69 Å². The Morgan fingerprint density at radius 2 is 2.25 bits per heavy atom. The molecule has 16 heavy (non-hydrogen) atoms. The molecule has 1 aliphatic rings. The average Bonchev–Trinajstić information content (AvgIpc) is 2.71. The summed E-state index contributed by atoms with van der Waals surface area (Å²) >= 11 is 0. The van der Waals surface area contributed by atoms with Gasteiger partial charge in [0, 0.05) is 13.0 Å². The summed E-state index contributed by atoms with van der Waals surface area (Å²) in [5.41, 5.74) is 6.25. The topological polar surface area (TPSA) is 81.3 Å². The smallest absolute Gasteiger partial charge is 0.316 e. The molecule has 1 unspecified atom stereocenters. The molecule has 6 nitrogen and oxygen atoms in total. The molecule has 1 aromatic heterocycles. The zero-order valence-corrected chi connectivity index (χ0v) is 9.09. The number of ether oxygens (including phenoxy) is 1. The molecule has 0 bridgehead atoms. The highest BCUT2D eigenvalue weighted by molar-refractivity contribution is 5.95. The fourth-order valence-corrected chi connectivity index (χ4v) is 1.74. The lowest BCUT2D eigenvalue weighted by Crippen LogP contribution is -2.26. The number of nitrogens with zero attached hydrogens (tertiary/aromatic N) is 3. The Morgan fingerprint density at radius 3 is 2.75 bits per heavy atom. The summed E-state index contributed by atoms with van der Waals surface area (Å²) in [6, 6.07) is 0.297. The molecule has 6 heteroatoms. The molecule has 1 saturated heterocycles. The van der Waals surface area contributed by atoms with Crippen LogP contribution in [-0.4, -0.2) is 36.1 Å². The van der Waals surface area contributed by atoms with Crippen molar-refractivity contribution in [2.75, 3.05) is 25.1 Å². The first-order chi connectivity index (χ1) is 7.74. The molecule has 0 aliphatic carbocycles. The predicted octanol–water partition coefficient (Wildman–Crippen LogP) is -0.203. The number of nitrogens with two attached hydrogens (primary N) is 1. The molecule has 1 fully saturated rings. The van der Waals surface area contributed by atoms with Gasteiger partial charge >= 0.3 is 6.01 Å². The minimum absolute atomic E-state index is 0.0733. The lowest BCUT2D eigenvalue weighted by atomic mass is 10.1. The number of carbonyl (C=O) groups excluding carboxylic acids is 1. The lowest BCUT2D eigenvalue weighted by molar-refractivity contribution is -0.117. The molecular weight excluding hydrogens is 208 g/mol. The van der Waals surface area contributed by atoms with Crippen molar-refractivity contribution in [3.05, 3.63) is 12.4 Å². The van der Waals surface area contributed by atoms with Crippen LogP contribution in [-0.2, 0) is 4.79 Å². The van der Waals surface area contributed by atoms with Gasteiger partial charge in [-0.3, -0.25) is 4.79 Å². The number of hydrogen-bond acceptors (Lipinski definition) is 5. The van der Waals surface area contributed by atoms with Crippen LogP contribution in [0.2, 0.25) is 0 Å². The lowest BCUT2D eigenvalue weighted by Gasteiger charge is -2.15. The number of rotatable bonds is 3. The second-order valence-corrected chi connectivity index (χ2v) is 3.74. The van der Waals surface area contributed by atoms with Gasteiger partial charge in [0.2, 0.25) is 5.91 Å². The molecule has 0 saturated carbocycles. The van der Waals surface area contributed by atoms with E-state index in [1.54, 1.807) is 17.3 Å². The molecule has 1 aromatic rings. The van der Waals surface area contributed by atoms with Crippen LogP contribution < -0.4 is 15.4 Å². The first kappa shape index (κ1) is 10.8. The SMILES string of the molecule is COc1ncc(N2CC(CN)CC2=O)cn1. The largest absolute Gasteiger partial charge is 0.467 e. The molecule has 1 amide bonds. The zero-order valence-electron chi connectivity index (χ0n) is 9.09. The standard InChI is InChI=1S/C10H14N4O2/c1-16-10-12-4-8(5-13-10)14-6-7(3-11)2-9(14)15/h4-5,7H,2-3,6,11H2,1H3. The maximum atomic E-state index is 11.7. The number of hydrogen-bond donors (Lipinski definition) is 1. The first-order valence-electron chi connectivity index (χ1n) is 5.11. The average molecular weight is 222 g/mol. The number of aromatic nitrogens is 2. The molecule has 1 aliphatic heterocycles. The maximum absolute atomic E-state index is 11.7. The molecule has 2 N–H and O–H groups in total. The summed E-state index contributed by atoms with van der Waals surface area (Å²) in [5, 5.41) is 0. The van der Waals surface area contributed by atoms with E-state index in [0.717, 1.165) is 0 Å². The second-order valence-electron chi connectivity index (χ2n) is 3.74. The van der Waals surface area contributed by atoms with Crippen molar-refractivity contribution in [1.82, 2.24) is 9.97 Å². The Balaban J connectivity index is 2.15. The van der Waals surface area contributed by atoms with Gasteiger partial charge < -0.3 is 15.4 Å². The normalized spacial score (nSPS) is 20.2. The van der Waals surface area contributed by atoms with Gasteiger partial charge in [0.25, 0.3) is 0 Å². The number of methoxy groups -OCH3 is 1. The van der Waals surface area contributed by atoms with Crippen molar-refractivity contribution >= 4 is 11.6 Å². The molecule has 1 atom stereocenters. The van der Waals surface area contributed by atoms with Crippen LogP contribution in [0, 0.1) is 5.92 Å². The van der Waals surface area contributed by atoms with Gasteiger partial charge in [-0.15, -0.1) is 0 Å². The first-order valence-corrected chi connectivity index (χ1v) is 5.11. The predicted molar refractivity (Wildman–Crippen MR) is 58.1 cm³/mol. The van der Waals surface area contributed by atoms with Crippen molar-refractivity contribution in [2.45, 2.75) is 6.42 Å². The van der Waals surface area contributed by atoms with E-state index in [0.29, 0.717) is 31.2 Å². The van der Waals surface area contributed by atoms with Gasteiger partial charge in [-0.1, -0.05) is 0 Å². The molecular formula is C10H14N4O2. The Kier molecular flexibility index (Phi) is 3.00. The number of amides is 1. The molecule has 2 heterocycles. The fraction of sp³-hybridized carbons (Fsp3) is 0.500. The van der Waals surface area contributed by atoms with Crippen LogP contribution in [0.1, 0.15) is 6.42 Å². The summed E-state index contributed by atoms with van der Waals surface area (Å²) in [7, 11) is 1.50. The minimum atomic E-state index is 0.0733. The summed E-state index contributed by atoms with van der Waals surface area (Å²) in [6.07, 6.45) is 3.67. The summed E-state index contributed by atoms with van der Waals surface area (Å²) < 4.78 is 4.86. The van der Waals surface area contributed by atoms with Crippen molar-refractivity contribution in [3.8, 4) is 6.01 Å². The highest BCUT2D eigenvalue weighted by Gasteiger charge is 2.29. The van der Waals surface area contributed by atoms with E-state index < -0.39 is 0 Å². The van der Waals surface area contributed by atoms with Gasteiger partial charge in [0.15, 0.2) is 0 Å². The second kappa shape index (κ2) is 4.44. The zero-order chi connectivity index (χ0) is 11.5. The summed E-state index contributed by atoms with van der Waals surface area (Å²) in [4.78, 5) is 21.3. The molecule has 2 rings (SSSR count). The van der Waals surface area contributed by atoms with Crippen molar-refractivity contribution < 1.29 is 9.53 Å². The van der Waals surface area contributed by atoms with Crippen LogP contribution >= 0.6 is 0 Å². The fourth-order valence-electron chi connectivity index (χ4n) is 1.74. The molecule has 0 spiro atoms. The van der Waals surface area contributed by atoms with Gasteiger partial charge in [-0.2, -0.15) is 0 Å². The summed E-state index contributed by atoms with van der Waals surface area (Å²) in [6.45, 7) is 1.17. The highest BCUT2D eigenvalue weighted by Crippen LogP contribution is 2.23. The van der Waals surface area contributed by atoms with Crippen LogP contribution in [0.5, 0.6) is 6.01 Å². The van der Waals surface area contributed by atoms with Crippen molar-refractivity contribution in [3.63, 3.8) is 0 Å². The van der Waals surface area contributed by atoms with Crippen molar-refractivity contribution in [2.24, 2.45) is 11.7 Å². The van der Waals surface area contributed by atoms with E-state index in [4.69, 9.17) is 10.5 Å². The molecule has 0 aromatic carbocycles. The van der Waals surface area contributed by atoms with E-state index >= 15 is 0 Å². The number of anilines is 1. The third-order valence-corrected chi connectivity index (χ3v) is 2.65. The highest BCUT2D eigenvalue weighted by atomic mass is 16.5. The molecule has 86 valence electrons. The third kappa shape index (κ3) is 1.96. The van der Waals surface area contributed by atoms with Gasteiger partial charge in [-0.05, 0) is 12.5 Å². The minimum Gasteiger partial charge on any atom is -0.467 e. The van der Waals surface area contributed by atoms with Gasteiger partial charge in [0.1, 0.15) is 0 Å². The quantitative estimate of drug-likeness (QED) is 0.765. The maximum Gasteiger partial charge on any atom is 0.316 e. The van der Waals surface area contributed by atoms with Crippen molar-refractivity contribution in [1.29, 1.82) is 0 Å². The van der Waals surface area contributed by atoms with E-state index in [9.17, 15) is 4.79 Å². The summed E-state index contributed by atoms with van der Waals surface area (Å²) in [5.74, 6) is 0.304. The Morgan fingerprint density at radius 1 is 1.56 bits per heavy atom.